The van der Waals surface area contributed by atoms with Gasteiger partial charge in [0.15, 0.2) is 11.6 Å². The third-order valence-electron chi connectivity index (χ3n) is 1.63. The minimum atomic E-state index is 0.460. The van der Waals surface area contributed by atoms with Crippen molar-refractivity contribution in [1.82, 2.24) is 5.16 Å². The highest BCUT2D eigenvalue weighted by Crippen LogP contribution is 2.44. The van der Waals surface area contributed by atoms with Crippen LogP contribution in [0.2, 0.25) is 0 Å². The molecule has 0 bridgehead atoms. The maximum Gasteiger partial charge on any atom is 0.181 e. The predicted octanol–water partition coefficient (Wildman–Crippen LogP) is 1.90. The summed E-state index contributed by atoms with van der Waals surface area (Å²) in [6, 6.07) is 0. The maximum atomic E-state index is 5.45. The lowest BCUT2D eigenvalue weighted by Gasteiger charge is -1.86. The van der Waals surface area contributed by atoms with Crippen LogP contribution < -0.4 is 5.73 Å². The van der Waals surface area contributed by atoms with Crippen LogP contribution in [0.4, 0.5) is 5.82 Å². The van der Waals surface area contributed by atoms with Gasteiger partial charge in [-0.2, -0.15) is 0 Å². The van der Waals surface area contributed by atoms with Crippen molar-refractivity contribution in [2.75, 3.05) is 5.73 Å². The lowest BCUT2D eigenvalue weighted by atomic mass is 10.3. The van der Waals surface area contributed by atoms with Crippen molar-refractivity contribution in [1.29, 1.82) is 0 Å². The Labute approximate surface area is 66.7 Å². The van der Waals surface area contributed by atoms with Crippen LogP contribution in [0.1, 0.15) is 24.5 Å². The van der Waals surface area contributed by atoms with E-state index >= 15 is 0 Å². The molecule has 0 unspecified atom stereocenters. The van der Waals surface area contributed by atoms with Gasteiger partial charge in [-0.05, 0) is 28.8 Å². The Morgan fingerprint density at radius 3 is 2.70 bits per heavy atom. The number of hydrogen-bond donors (Lipinski definition) is 1. The first-order valence-corrected chi connectivity index (χ1v) is 3.99. The first kappa shape index (κ1) is 6.22. The molecule has 1 fully saturated rings. The molecule has 1 aromatic rings. The molecule has 4 heteroatoms. The fourth-order valence-corrected chi connectivity index (χ4v) is 1.37. The molecule has 0 amide bonds. The number of halogens is 1. The Bertz CT molecular complexity index is 254. The average molecular weight is 203 g/mol. The molecular formula is C6H7BrN2O. The van der Waals surface area contributed by atoms with Crippen LogP contribution in [-0.2, 0) is 0 Å². The van der Waals surface area contributed by atoms with Crippen LogP contribution in [-0.4, -0.2) is 5.16 Å². The average Bonchev–Trinajstić information content (AvgIpc) is 2.67. The van der Waals surface area contributed by atoms with Gasteiger partial charge in [0, 0.05) is 5.92 Å². The largest absolute Gasteiger partial charge is 0.380 e. The van der Waals surface area contributed by atoms with Gasteiger partial charge in [-0.15, -0.1) is 0 Å². The van der Waals surface area contributed by atoms with Crippen molar-refractivity contribution >= 4 is 21.7 Å². The molecule has 0 atom stereocenters. The molecule has 0 aliphatic heterocycles. The Morgan fingerprint density at radius 2 is 2.30 bits per heavy atom. The first-order valence-electron chi connectivity index (χ1n) is 3.19. The summed E-state index contributed by atoms with van der Waals surface area (Å²) in [6.45, 7) is 0. The molecule has 1 saturated carbocycles. The second-order valence-electron chi connectivity index (χ2n) is 2.52. The topological polar surface area (TPSA) is 52.0 Å². The SMILES string of the molecule is Nc1noc(C2CC2)c1Br. The van der Waals surface area contributed by atoms with Crippen molar-refractivity contribution in [3.05, 3.63) is 10.2 Å². The van der Waals surface area contributed by atoms with E-state index in [4.69, 9.17) is 10.3 Å². The molecule has 0 aromatic carbocycles. The van der Waals surface area contributed by atoms with Crippen molar-refractivity contribution in [3.63, 3.8) is 0 Å². The van der Waals surface area contributed by atoms with Crippen LogP contribution >= 0.6 is 15.9 Å². The molecule has 1 aromatic heterocycles. The van der Waals surface area contributed by atoms with E-state index in [2.05, 4.69) is 21.1 Å². The van der Waals surface area contributed by atoms with Gasteiger partial charge in [0.05, 0.1) is 0 Å². The Kier molecular flexibility index (Phi) is 1.23. The number of aromatic nitrogens is 1. The van der Waals surface area contributed by atoms with Crippen LogP contribution in [0.5, 0.6) is 0 Å². The van der Waals surface area contributed by atoms with Gasteiger partial charge in [-0.1, -0.05) is 5.16 Å². The second kappa shape index (κ2) is 1.99. The van der Waals surface area contributed by atoms with Crippen LogP contribution in [0.3, 0.4) is 0 Å². The highest BCUT2D eigenvalue weighted by atomic mass is 79.9. The summed E-state index contributed by atoms with van der Waals surface area (Å²) in [6.07, 6.45) is 2.40. The lowest BCUT2D eigenvalue weighted by Crippen LogP contribution is -1.83. The molecule has 54 valence electrons. The number of nitrogens with zero attached hydrogens (tertiary/aromatic N) is 1. The third kappa shape index (κ3) is 0.831. The fourth-order valence-electron chi connectivity index (χ4n) is 0.904. The van der Waals surface area contributed by atoms with Crippen molar-refractivity contribution in [2.45, 2.75) is 18.8 Å². The summed E-state index contributed by atoms with van der Waals surface area (Å²) in [4.78, 5) is 0. The monoisotopic (exact) mass is 202 g/mol. The summed E-state index contributed by atoms with van der Waals surface area (Å²) in [5, 5.41) is 3.63. The molecule has 0 radical (unpaired) electrons. The highest BCUT2D eigenvalue weighted by molar-refractivity contribution is 9.10. The van der Waals surface area contributed by atoms with Gasteiger partial charge in [0.1, 0.15) is 4.47 Å². The summed E-state index contributed by atoms with van der Waals surface area (Å²) in [5.41, 5.74) is 5.45. The van der Waals surface area contributed by atoms with Crippen LogP contribution in [0, 0.1) is 0 Å². The number of nitrogens with two attached hydrogens (primary N) is 1. The number of hydrogen-bond acceptors (Lipinski definition) is 3. The normalized spacial score (nSPS) is 17.7. The van der Waals surface area contributed by atoms with Crippen molar-refractivity contribution in [2.24, 2.45) is 0 Å². The zero-order chi connectivity index (χ0) is 7.14. The van der Waals surface area contributed by atoms with E-state index in [-0.39, 0.29) is 0 Å². The van der Waals surface area contributed by atoms with Crippen LogP contribution in [0.15, 0.2) is 9.00 Å². The van der Waals surface area contributed by atoms with E-state index in [1.165, 1.54) is 12.8 Å². The Morgan fingerprint density at radius 1 is 1.60 bits per heavy atom. The van der Waals surface area contributed by atoms with Crippen LogP contribution in [0.25, 0.3) is 0 Å². The zero-order valence-corrected chi connectivity index (χ0v) is 6.89. The molecule has 2 N–H and O–H groups in total. The molecule has 0 saturated heterocycles. The molecule has 1 aliphatic carbocycles. The minimum absolute atomic E-state index is 0.460. The van der Waals surface area contributed by atoms with Crippen molar-refractivity contribution < 1.29 is 4.52 Å². The summed E-state index contributed by atoms with van der Waals surface area (Å²) in [5.74, 6) is 1.94. The third-order valence-corrected chi connectivity index (χ3v) is 2.43. The zero-order valence-electron chi connectivity index (χ0n) is 5.30. The number of anilines is 1. The van der Waals surface area contributed by atoms with Gasteiger partial charge in [0.25, 0.3) is 0 Å². The predicted molar refractivity (Wildman–Crippen MR) is 40.6 cm³/mol. The van der Waals surface area contributed by atoms with Crippen molar-refractivity contribution in [3.8, 4) is 0 Å². The van der Waals surface area contributed by atoms with E-state index in [1.54, 1.807) is 0 Å². The number of nitrogen functional groups attached to an aromatic ring is 1. The summed E-state index contributed by atoms with van der Waals surface area (Å²) in [7, 11) is 0. The second-order valence-corrected chi connectivity index (χ2v) is 3.31. The van der Waals surface area contributed by atoms with Gasteiger partial charge < -0.3 is 10.3 Å². The molecule has 1 aliphatic rings. The van der Waals surface area contributed by atoms with E-state index < -0.39 is 0 Å². The Balaban J connectivity index is 2.40. The van der Waals surface area contributed by atoms with Gasteiger partial charge in [0.2, 0.25) is 0 Å². The summed E-state index contributed by atoms with van der Waals surface area (Å²) < 4.78 is 5.84. The summed E-state index contributed by atoms with van der Waals surface area (Å²) >= 11 is 3.31. The Hall–Kier alpha value is -0.510. The molecule has 0 spiro atoms. The molecule has 10 heavy (non-hydrogen) atoms. The molecule has 1 heterocycles. The lowest BCUT2D eigenvalue weighted by molar-refractivity contribution is 0.386. The maximum absolute atomic E-state index is 5.45. The minimum Gasteiger partial charge on any atom is -0.380 e. The van der Waals surface area contributed by atoms with Gasteiger partial charge >= 0.3 is 0 Å². The first-order chi connectivity index (χ1) is 4.79. The van der Waals surface area contributed by atoms with E-state index in [9.17, 15) is 0 Å². The molecular weight excluding hydrogens is 196 g/mol. The molecule has 2 rings (SSSR count). The molecule has 3 nitrogen and oxygen atoms in total. The van der Waals surface area contributed by atoms with Gasteiger partial charge in [-0.3, -0.25) is 0 Å². The smallest absolute Gasteiger partial charge is 0.181 e. The standard InChI is InChI=1S/C6H7BrN2O/c7-4-5(3-1-2-3)10-9-6(4)8/h3H,1-2H2,(H2,8,9). The quantitative estimate of drug-likeness (QED) is 0.758. The highest BCUT2D eigenvalue weighted by Gasteiger charge is 2.30. The van der Waals surface area contributed by atoms with E-state index in [1.807, 2.05) is 0 Å². The number of rotatable bonds is 1. The van der Waals surface area contributed by atoms with E-state index in [0.29, 0.717) is 11.7 Å². The fraction of sp³-hybridized carbons (Fsp3) is 0.500. The van der Waals surface area contributed by atoms with E-state index in [0.717, 1.165) is 10.2 Å². The van der Waals surface area contributed by atoms with Gasteiger partial charge in [-0.25, -0.2) is 0 Å².